The molecule has 2 rings (SSSR count). The van der Waals surface area contributed by atoms with Crippen molar-refractivity contribution in [3.63, 3.8) is 0 Å². The van der Waals surface area contributed by atoms with Crippen molar-refractivity contribution in [2.45, 2.75) is 12.5 Å². The van der Waals surface area contributed by atoms with Crippen molar-refractivity contribution in [2.75, 3.05) is 0 Å². The zero-order valence-corrected chi connectivity index (χ0v) is 11.9. The molecule has 0 radical (unpaired) electrons. The van der Waals surface area contributed by atoms with Crippen LogP contribution in [0.5, 0.6) is 0 Å². The first kappa shape index (κ1) is 14.6. The molecule has 0 aromatic heterocycles. The van der Waals surface area contributed by atoms with Gasteiger partial charge in [0.2, 0.25) is 0 Å². The SMILES string of the molecule is O=[N+]([O-])c1ccccc1CC(O)c1cc(F)ccc1Br. The van der Waals surface area contributed by atoms with E-state index in [0.29, 0.717) is 15.6 Å². The number of aliphatic hydroxyl groups is 1. The Balaban J connectivity index is 2.30. The second-order valence-corrected chi connectivity index (χ2v) is 5.13. The second kappa shape index (κ2) is 6.11. The fraction of sp³-hybridized carbons (Fsp3) is 0.143. The molecule has 1 atom stereocenters. The Morgan fingerprint density at radius 3 is 2.70 bits per heavy atom. The number of nitrogens with zero attached hydrogens (tertiary/aromatic N) is 1. The third-order valence-corrected chi connectivity index (χ3v) is 3.64. The molecule has 1 N–H and O–H groups in total. The van der Waals surface area contributed by atoms with Gasteiger partial charge in [-0.2, -0.15) is 0 Å². The molecule has 0 aliphatic carbocycles. The molecule has 104 valence electrons. The zero-order chi connectivity index (χ0) is 14.7. The molecule has 1 unspecified atom stereocenters. The third kappa shape index (κ3) is 3.20. The molecular formula is C14H11BrFNO3. The van der Waals surface area contributed by atoms with Gasteiger partial charge in [-0.15, -0.1) is 0 Å². The number of benzene rings is 2. The van der Waals surface area contributed by atoms with Crippen molar-refractivity contribution in [3.8, 4) is 0 Å². The molecule has 0 bridgehead atoms. The molecule has 0 saturated carbocycles. The predicted molar refractivity (Wildman–Crippen MR) is 75.9 cm³/mol. The minimum Gasteiger partial charge on any atom is -0.388 e. The number of nitro benzene ring substituents is 1. The topological polar surface area (TPSA) is 63.4 Å². The lowest BCUT2D eigenvalue weighted by Crippen LogP contribution is -2.05. The van der Waals surface area contributed by atoms with Crippen LogP contribution in [0.1, 0.15) is 17.2 Å². The van der Waals surface area contributed by atoms with E-state index in [4.69, 9.17) is 0 Å². The number of hydrogen-bond donors (Lipinski definition) is 1. The molecule has 20 heavy (non-hydrogen) atoms. The van der Waals surface area contributed by atoms with Crippen LogP contribution >= 0.6 is 15.9 Å². The Morgan fingerprint density at radius 1 is 1.30 bits per heavy atom. The summed E-state index contributed by atoms with van der Waals surface area (Å²) >= 11 is 3.23. The maximum atomic E-state index is 13.2. The van der Waals surface area contributed by atoms with Gasteiger partial charge in [0.15, 0.2) is 0 Å². The fourth-order valence-corrected chi connectivity index (χ4v) is 2.46. The van der Waals surface area contributed by atoms with Gasteiger partial charge in [0, 0.05) is 22.5 Å². The number of para-hydroxylation sites is 1. The molecule has 0 fully saturated rings. The summed E-state index contributed by atoms with van der Waals surface area (Å²) < 4.78 is 13.8. The van der Waals surface area contributed by atoms with Gasteiger partial charge in [-0.25, -0.2) is 4.39 Å². The van der Waals surface area contributed by atoms with Crippen LogP contribution in [0.2, 0.25) is 0 Å². The summed E-state index contributed by atoms with van der Waals surface area (Å²) in [5.74, 6) is -0.468. The van der Waals surface area contributed by atoms with Gasteiger partial charge >= 0.3 is 0 Å². The summed E-state index contributed by atoms with van der Waals surface area (Å²) in [6.07, 6.45) is -0.986. The number of rotatable bonds is 4. The maximum absolute atomic E-state index is 13.2. The molecule has 0 spiro atoms. The number of aliphatic hydroxyl groups excluding tert-OH is 1. The minimum absolute atomic E-state index is 0.0409. The number of hydrogen-bond acceptors (Lipinski definition) is 3. The average Bonchev–Trinajstić information content (AvgIpc) is 2.41. The highest BCUT2D eigenvalue weighted by Crippen LogP contribution is 2.29. The Morgan fingerprint density at radius 2 is 2.00 bits per heavy atom. The first-order chi connectivity index (χ1) is 9.49. The fourth-order valence-electron chi connectivity index (χ4n) is 1.95. The van der Waals surface area contributed by atoms with E-state index in [-0.39, 0.29) is 12.1 Å². The second-order valence-electron chi connectivity index (χ2n) is 4.27. The van der Waals surface area contributed by atoms with Crippen molar-refractivity contribution in [1.29, 1.82) is 0 Å². The minimum atomic E-state index is -1.03. The first-order valence-electron chi connectivity index (χ1n) is 5.84. The van der Waals surface area contributed by atoms with Gasteiger partial charge in [-0.05, 0) is 23.8 Å². The number of halogens is 2. The Labute approximate surface area is 123 Å². The quantitative estimate of drug-likeness (QED) is 0.681. The standard InChI is InChI=1S/C14H11BrFNO3/c15-12-6-5-10(16)8-11(12)14(18)7-9-3-1-2-4-13(9)17(19)20/h1-6,8,14,18H,7H2. The van der Waals surface area contributed by atoms with E-state index in [2.05, 4.69) is 15.9 Å². The highest BCUT2D eigenvalue weighted by Gasteiger charge is 2.19. The number of nitro groups is 1. The Kier molecular flexibility index (Phi) is 4.46. The van der Waals surface area contributed by atoms with E-state index >= 15 is 0 Å². The monoisotopic (exact) mass is 339 g/mol. The first-order valence-corrected chi connectivity index (χ1v) is 6.63. The largest absolute Gasteiger partial charge is 0.388 e. The molecule has 2 aromatic rings. The summed E-state index contributed by atoms with van der Waals surface area (Å²) in [7, 11) is 0. The van der Waals surface area contributed by atoms with Crippen LogP contribution in [0.25, 0.3) is 0 Å². The molecule has 2 aromatic carbocycles. The predicted octanol–water partition coefficient (Wildman–Crippen LogP) is 3.77. The van der Waals surface area contributed by atoms with Crippen LogP contribution in [-0.2, 0) is 6.42 Å². The van der Waals surface area contributed by atoms with E-state index in [1.165, 1.54) is 24.3 Å². The van der Waals surface area contributed by atoms with Crippen molar-refractivity contribution >= 4 is 21.6 Å². The molecule has 0 heterocycles. The summed E-state index contributed by atoms with van der Waals surface area (Å²) in [6.45, 7) is 0. The molecule has 4 nitrogen and oxygen atoms in total. The van der Waals surface area contributed by atoms with Crippen LogP contribution < -0.4 is 0 Å². The average molecular weight is 340 g/mol. The summed E-state index contributed by atoms with van der Waals surface area (Å²) in [6, 6.07) is 10.2. The van der Waals surface area contributed by atoms with E-state index in [0.717, 1.165) is 0 Å². The normalized spacial score (nSPS) is 12.2. The summed E-state index contributed by atoms with van der Waals surface area (Å²) in [5, 5.41) is 21.1. The molecule has 0 aliphatic heterocycles. The molecule has 0 aliphatic rings. The van der Waals surface area contributed by atoms with Crippen molar-refractivity contribution in [3.05, 3.63) is 74.0 Å². The van der Waals surface area contributed by atoms with Crippen molar-refractivity contribution in [1.82, 2.24) is 0 Å². The van der Waals surface area contributed by atoms with Crippen LogP contribution in [0.4, 0.5) is 10.1 Å². The Hall–Kier alpha value is -1.79. The molecule has 0 saturated heterocycles. The lowest BCUT2D eigenvalue weighted by atomic mass is 10.00. The van der Waals surface area contributed by atoms with Crippen LogP contribution in [-0.4, -0.2) is 10.0 Å². The van der Waals surface area contributed by atoms with Crippen molar-refractivity contribution in [2.24, 2.45) is 0 Å². The van der Waals surface area contributed by atoms with Gasteiger partial charge in [0.1, 0.15) is 5.82 Å². The maximum Gasteiger partial charge on any atom is 0.272 e. The van der Waals surface area contributed by atoms with E-state index in [1.807, 2.05) is 0 Å². The Bertz CT molecular complexity index is 648. The smallest absolute Gasteiger partial charge is 0.272 e. The van der Waals surface area contributed by atoms with Gasteiger partial charge in [0.05, 0.1) is 11.0 Å². The van der Waals surface area contributed by atoms with Crippen molar-refractivity contribution < 1.29 is 14.4 Å². The lowest BCUT2D eigenvalue weighted by molar-refractivity contribution is -0.385. The summed E-state index contributed by atoms with van der Waals surface area (Å²) in [4.78, 5) is 10.4. The van der Waals surface area contributed by atoms with Crippen LogP contribution in [0.15, 0.2) is 46.9 Å². The summed E-state index contributed by atoms with van der Waals surface area (Å²) in [5.41, 5.74) is 0.711. The highest BCUT2D eigenvalue weighted by atomic mass is 79.9. The van der Waals surface area contributed by atoms with E-state index in [9.17, 15) is 19.6 Å². The van der Waals surface area contributed by atoms with Crippen LogP contribution in [0, 0.1) is 15.9 Å². The van der Waals surface area contributed by atoms with Gasteiger partial charge in [0.25, 0.3) is 5.69 Å². The van der Waals surface area contributed by atoms with Gasteiger partial charge in [-0.1, -0.05) is 34.1 Å². The van der Waals surface area contributed by atoms with E-state index < -0.39 is 16.8 Å². The highest BCUT2D eigenvalue weighted by molar-refractivity contribution is 9.10. The molecule has 0 amide bonds. The van der Waals surface area contributed by atoms with Crippen LogP contribution in [0.3, 0.4) is 0 Å². The molecular weight excluding hydrogens is 329 g/mol. The van der Waals surface area contributed by atoms with E-state index in [1.54, 1.807) is 18.2 Å². The molecule has 6 heteroatoms. The third-order valence-electron chi connectivity index (χ3n) is 2.92. The van der Waals surface area contributed by atoms with Gasteiger partial charge < -0.3 is 5.11 Å². The van der Waals surface area contributed by atoms with Gasteiger partial charge in [-0.3, -0.25) is 10.1 Å². The lowest BCUT2D eigenvalue weighted by Gasteiger charge is -2.13. The zero-order valence-electron chi connectivity index (χ0n) is 10.3.